The van der Waals surface area contributed by atoms with Crippen LogP contribution in [0.15, 0.2) is 4.52 Å². The predicted octanol–water partition coefficient (Wildman–Crippen LogP) is 2.83. The molecule has 4 unspecified atom stereocenters. The van der Waals surface area contributed by atoms with Gasteiger partial charge in [0, 0.05) is 12.0 Å². The van der Waals surface area contributed by atoms with Crippen LogP contribution in [0.1, 0.15) is 69.0 Å². The molecule has 100 valence electrons. The summed E-state index contributed by atoms with van der Waals surface area (Å²) in [5.74, 6) is 3.51. The van der Waals surface area contributed by atoms with E-state index in [-0.39, 0.29) is 0 Å². The van der Waals surface area contributed by atoms with Crippen LogP contribution in [0.25, 0.3) is 0 Å². The maximum absolute atomic E-state index is 5.54. The second-order valence-electron chi connectivity index (χ2n) is 5.95. The van der Waals surface area contributed by atoms with Crippen molar-refractivity contribution in [2.45, 2.75) is 63.3 Å². The van der Waals surface area contributed by atoms with E-state index < -0.39 is 0 Å². The number of rotatable bonds is 3. The van der Waals surface area contributed by atoms with E-state index in [1.165, 1.54) is 38.5 Å². The van der Waals surface area contributed by atoms with E-state index in [4.69, 9.17) is 4.52 Å². The molecule has 4 atom stereocenters. The van der Waals surface area contributed by atoms with Gasteiger partial charge in [0.2, 0.25) is 5.89 Å². The van der Waals surface area contributed by atoms with E-state index >= 15 is 0 Å². The van der Waals surface area contributed by atoms with Gasteiger partial charge in [-0.3, -0.25) is 0 Å². The first-order valence-electron chi connectivity index (χ1n) is 7.30. The van der Waals surface area contributed by atoms with E-state index in [0.29, 0.717) is 17.9 Å². The molecule has 0 radical (unpaired) electrons. The van der Waals surface area contributed by atoms with Crippen LogP contribution in [0, 0.1) is 5.92 Å². The Morgan fingerprint density at radius 1 is 1.17 bits per heavy atom. The van der Waals surface area contributed by atoms with Crippen LogP contribution < -0.4 is 5.32 Å². The highest BCUT2D eigenvalue weighted by Gasteiger charge is 2.39. The molecule has 2 saturated carbocycles. The molecule has 0 amide bonds. The molecule has 0 bridgehead atoms. The lowest BCUT2D eigenvalue weighted by Crippen LogP contribution is -2.31. The fraction of sp³-hybridized carbons (Fsp3) is 0.857. The second kappa shape index (κ2) is 5.00. The molecule has 2 aliphatic carbocycles. The first-order valence-corrected chi connectivity index (χ1v) is 7.30. The van der Waals surface area contributed by atoms with Gasteiger partial charge in [-0.15, -0.1) is 0 Å². The number of hydrogen-bond acceptors (Lipinski definition) is 4. The van der Waals surface area contributed by atoms with Crippen molar-refractivity contribution in [2.24, 2.45) is 5.92 Å². The standard InChI is InChI=1S/C14H23N3O/c1-9-8-11(9)13-16-14(18-17-13)10-6-4-3-5-7-12(10)15-2/h9-12,15H,3-8H2,1-2H3. The highest BCUT2D eigenvalue weighted by atomic mass is 16.5. The molecular weight excluding hydrogens is 226 g/mol. The van der Waals surface area contributed by atoms with E-state index in [0.717, 1.165) is 17.6 Å². The number of aromatic nitrogens is 2. The molecule has 1 aromatic heterocycles. The zero-order valence-corrected chi connectivity index (χ0v) is 11.4. The zero-order chi connectivity index (χ0) is 12.5. The van der Waals surface area contributed by atoms with Crippen LogP contribution >= 0.6 is 0 Å². The van der Waals surface area contributed by atoms with Gasteiger partial charge >= 0.3 is 0 Å². The third-order valence-corrected chi connectivity index (χ3v) is 4.60. The van der Waals surface area contributed by atoms with Crippen molar-refractivity contribution < 1.29 is 4.52 Å². The lowest BCUT2D eigenvalue weighted by Gasteiger charge is -2.20. The normalized spacial score (nSPS) is 36.3. The summed E-state index contributed by atoms with van der Waals surface area (Å²) in [6, 6.07) is 0.498. The third kappa shape index (κ3) is 2.30. The fourth-order valence-corrected chi connectivity index (χ4v) is 3.18. The Hall–Kier alpha value is -0.900. The summed E-state index contributed by atoms with van der Waals surface area (Å²) < 4.78 is 5.54. The lowest BCUT2D eigenvalue weighted by molar-refractivity contribution is 0.309. The Labute approximate surface area is 109 Å². The van der Waals surface area contributed by atoms with Crippen LogP contribution in [0.2, 0.25) is 0 Å². The highest BCUT2D eigenvalue weighted by molar-refractivity contribution is 5.10. The minimum Gasteiger partial charge on any atom is -0.339 e. The Kier molecular flexibility index (Phi) is 3.37. The SMILES string of the molecule is CNC1CCCCCC1c1nc(C2CC2C)no1. The van der Waals surface area contributed by atoms with Gasteiger partial charge in [-0.25, -0.2) is 0 Å². The summed E-state index contributed by atoms with van der Waals surface area (Å²) >= 11 is 0. The molecular formula is C14H23N3O. The van der Waals surface area contributed by atoms with Crippen LogP contribution in [0.5, 0.6) is 0 Å². The molecule has 1 heterocycles. The predicted molar refractivity (Wildman–Crippen MR) is 69.5 cm³/mol. The summed E-state index contributed by atoms with van der Waals surface area (Å²) in [6.45, 7) is 2.25. The largest absolute Gasteiger partial charge is 0.339 e. The summed E-state index contributed by atoms with van der Waals surface area (Å²) in [6.07, 6.45) is 7.53. The first-order chi connectivity index (χ1) is 8.79. The fourth-order valence-electron chi connectivity index (χ4n) is 3.18. The molecule has 0 saturated heterocycles. The summed E-state index contributed by atoms with van der Waals surface area (Å²) in [7, 11) is 2.04. The Morgan fingerprint density at radius 2 is 1.94 bits per heavy atom. The number of hydrogen-bond donors (Lipinski definition) is 1. The Balaban J connectivity index is 1.76. The average Bonchev–Trinajstić information content (AvgIpc) is 3.00. The third-order valence-electron chi connectivity index (χ3n) is 4.60. The molecule has 18 heavy (non-hydrogen) atoms. The topological polar surface area (TPSA) is 51.0 Å². The molecule has 0 spiro atoms. The maximum Gasteiger partial charge on any atom is 0.231 e. The van der Waals surface area contributed by atoms with Crippen molar-refractivity contribution in [1.29, 1.82) is 0 Å². The quantitative estimate of drug-likeness (QED) is 0.837. The minimum atomic E-state index is 0.410. The van der Waals surface area contributed by atoms with E-state index in [1.54, 1.807) is 0 Å². The molecule has 1 N–H and O–H groups in total. The van der Waals surface area contributed by atoms with Gasteiger partial charge in [-0.05, 0) is 32.2 Å². The van der Waals surface area contributed by atoms with Crippen molar-refractivity contribution in [1.82, 2.24) is 15.5 Å². The van der Waals surface area contributed by atoms with Gasteiger partial charge in [0.15, 0.2) is 5.82 Å². The number of likely N-dealkylation sites (N-methyl/N-ethyl adjacent to an activating group) is 1. The Bertz CT molecular complexity index is 403. The summed E-state index contributed by atoms with van der Waals surface area (Å²) in [5, 5.41) is 7.62. The molecule has 4 nitrogen and oxygen atoms in total. The highest BCUT2D eigenvalue weighted by Crippen LogP contribution is 2.46. The zero-order valence-electron chi connectivity index (χ0n) is 11.4. The van der Waals surface area contributed by atoms with Crippen molar-refractivity contribution >= 4 is 0 Å². The van der Waals surface area contributed by atoms with E-state index in [9.17, 15) is 0 Å². The van der Waals surface area contributed by atoms with Gasteiger partial charge in [0.1, 0.15) is 0 Å². The number of nitrogens with one attached hydrogen (secondary N) is 1. The van der Waals surface area contributed by atoms with E-state index in [2.05, 4.69) is 22.4 Å². The smallest absolute Gasteiger partial charge is 0.231 e. The van der Waals surface area contributed by atoms with Crippen molar-refractivity contribution in [3.05, 3.63) is 11.7 Å². The lowest BCUT2D eigenvalue weighted by atomic mass is 9.95. The van der Waals surface area contributed by atoms with Crippen molar-refractivity contribution in [2.75, 3.05) is 7.05 Å². The monoisotopic (exact) mass is 249 g/mol. The second-order valence-corrected chi connectivity index (χ2v) is 5.95. The molecule has 4 heteroatoms. The van der Waals surface area contributed by atoms with Crippen molar-refractivity contribution in [3.8, 4) is 0 Å². The van der Waals surface area contributed by atoms with Gasteiger partial charge in [0.05, 0.1) is 5.92 Å². The molecule has 0 aromatic carbocycles. The molecule has 0 aliphatic heterocycles. The molecule has 2 fully saturated rings. The molecule has 1 aromatic rings. The van der Waals surface area contributed by atoms with Crippen LogP contribution in [-0.2, 0) is 0 Å². The first kappa shape index (κ1) is 12.2. The van der Waals surface area contributed by atoms with Crippen molar-refractivity contribution in [3.63, 3.8) is 0 Å². The minimum absolute atomic E-state index is 0.410. The van der Waals surface area contributed by atoms with Gasteiger partial charge in [-0.1, -0.05) is 31.3 Å². The van der Waals surface area contributed by atoms with Gasteiger partial charge in [0.25, 0.3) is 0 Å². The maximum atomic E-state index is 5.54. The average molecular weight is 249 g/mol. The molecule has 3 rings (SSSR count). The molecule has 2 aliphatic rings. The van der Waals surface area contributed by atoms with E-state index in [1.807, 2.05) is 7.05 Å². The van der Waals surface area contributed by atoms with Gasteiger partial charge in [-0.2, -0.15) is 4.98 Å². The summed E-state index contributed by atoms with van der Waals surface area (Å²) in [4.78, 5) is 4.67. The van der Waals surface area contributed by atoms with Crippen LogP contribution in [0.4, 0.5) is 0 Å². The van der Waals surface area contributed by atoms with Gasteiger partial charge < -0.3 is 9.84 Å². The van der Waals surface area contributed by atoms with Crippen LogP contribution in [-0.4, -0.2) is 23.2 Å². The Morgan fingerprint density at radius 3 is 2.67 bits per heavy atom. The van der Waals surface area contributed by atoms with Crippen LogP contribution in [0.3, 0.4) is 0 Å². The summed E-state index contributed by atoms with van der Waals surface area (Å²) in [5.41, 5.74) is 0. The number of nitrogens with zero attached hydrogens (tertiary/aromatic N) is 2.